The SMILES string of the molecule is Cc1cc(Br)c(NC(=O)CN2CCC(C)C(O)C2)c(Br)c1. The number of halogens is 2. The Labute approximate surface area is 142 Å². The second-order valence-corrected chi connectivity index (χ2v) is 7.43. The third kappa shape index (κ3) is 4.52. The van der Waals surface area contributed by atoms with Crippen LogP contribution in [0, 0.1) is 12.8 Å². The molecule has 1 fully saturated rings. The molecule has 1 amide bonds. The molecule has 1 aromatic rings. The summed E-state index contributed by atoms with van der Waals surface area (Å²) in [6.45, 7) is 5.75. The van der Waals surface area contributed by atoms with E-state index in [-0.39, 0.29) is 12.0 Å². The third-order valence-electron chi connectivity index (χ3n) is 3.82. The third-order valence-corrected chi connectivity index (χ3v) is 5.07. The van der Waals surface area contributed by atoms with Gasteiger partial charge >= 0.3 is 0 Å². The highest BCUT2D eigenvalue weighted by Crippen LogP contribution is 2.32. The first kappa shape index (κ1) is 16.9. The number of likely N-dealkylation sites (tertiary alicyclic amines) is 1. The molecule has 0 radical (unpaired) electrons. The average Bonchev–Trinajstić information content (AvgIpc) is 2.38. The summed E-state index contributed by atoms with van der Waals surface area (Å²) in [7, 11) is 0. The van der Waals surface area contributed by atoms with Crippen LogP contribution in [0.4, 0.5) is 5.69 Å². The van der Waals surface area contributed by atoms with Crippen molar-refractivity contribution in [3.63, 3.8) is 0 Å². The second-order valence-electron chi connectivity index (χ2n) is 5.72. The number of aliphatic hydroxyl groups excluding tert-OH is 1. The zero-order valence-corrected chi connectivity index (χ0v) is 15.4. The van der Waals surface area contributed by atoms with E-state index in [0.29, 0.717) is 19.0 Å². The number of hydrogen-bond donors (Lipinski definition) is 2. The smallest absolute Gasteiger partial charge is 0.238 e. The van der Waals surface area contributed by atoms with Gasteiger partial charge in [-0.15, -0.1) is 0 Å². The number of carbonyl (C=O) groups excluding carboxylic acids is 1. The van der Waals surface area contributed by atoms with Crippen molar-refractivity contribution in [2.24, 2.45) is 5.92 Å². The molecule has 4 nitrogen and oxygen atoms in total. The van der Waals surface area contributed by atoms with Gasteiger partial charge in [0.2, 0.25) is 5.91 Å². The van der Waals surface area contributed by atoms with Gasteiger partial charge in [-0.25, -0.2) is 0 Å². The van der Waals surface area contributed by atoms with Crippen molar-refractivity contribution in [1.29, 1.82) is 0 Å². The number of aliphatic hydroxyl groups is 1. The van der Waals surface area contributed by atoms with Gasteiger partial charge in [0.25, 0.3) is 0 Å². The molecule has 1 aliphatic rings. The van der Waals surface area contributed by atoms with Crippen LogP contribution in [0.15, 0.2) is 21.1 Å². The normalized spacial score (nSPS) is 23.1. The summed E-state index contributed by atoms with van der Waals surface area (Å²) < 4.78 is 1.71. The summed E-state index contributed by atoms with van der Waals surface area (Å²) in [5.41, 5.74) is 1.86. The number of carbonyl (C=O) groups is 1. The highest BCUT2D eigenvalue weighted by atomic mass is 79.9. The Hall–Kier alpha value is -0.430. The Morgan fingerprint density at radius 1 is 1.43 bits per heavy atom. The number of anilines is 1. The molecule has 0 spiro atoms. The predicted octanol–water partition coefficient (Wildman–Crippen LogP) is 3.16. The number of rotatable bonds is 3. The fraction of sp³-hybridized carbons (Fsp3) is 0.533. The van der Waals surface area contributed by atoms with E-state index in [0.717, 1.165) is 33.2 Å². The van der Waals surface area contributed by atoms with Crippen molar-refractivity contribution in [3.8, 4) is 0 Å². The van der Waals surface area contributed by atoms with Gasteiger partial charge in [0.15, 0.2) is 0 Å². The lowest BCUT2D eigenvalue weighted by Crippen LogP contribution is -2.45. The number of nitrogens with zero attached hydrogens (tertiary/aromatic N) is 1. The number of aryl methyl sites for hydroxylation is 1. The Morgan fingerprint density at radius 3 is 2.62 bits per heavy atom. The monoisotopic (exact) mass is 418 g/mol. The van der Waals surface area contributed by atoms with Crippen molar-refractivity contribution in [2.45, 2.75) is 26.4 Å². The molecule has 2 rings (SSSR count). The Kier molecular flexibility index (Phi) is 5.82. The summed E-state index contributed by atoms with van der Waals surface area (Å²) in [4.78, 5) is 14.2. The Morgan fingerprint density at radius 2 is 2.05 bits per heavy atom. The first-order valence-corrected chi connectivity index (χ1v) is 8.61. The van der Waals surface area contributed by atoms with Gasteiger partial charge in [0.1, 0.15) is 0 Å². The van der Waals surface area contributed by atoms with Crippen molar-refractivity contribution in [1.82, 2.24) is 4.90 Å². The molecule has 1 aliphatic heterocycles. The molecule has 1 heterocycles. The maximum Gasteiger partial charge on any atom is 0.238 e. The number of amides is 1. The minimum absolute atomic E-state index is 0.0676. The molecule has 0 saturated carbocycles. The molecule has 2 N–H and O–H groups in total. The van der Waals surface area contributed by atoms with Crippen LogP contribution in [0.5, 0.6) is 0 Å². The quantitative estimate of drug-likeness (QED) is 0.791. The molecule has 2 atom stereocenters. The van der Waals surface area contributed by atoms with E-state index in [2.05, 4.69) is 37.2 Å². The van der Waals surface area contributed by atoms with Crippen LogP contribution in [-0.2, 0) is 4.79 Å². The molecule has 0 bridgehead atoms. The van der Waals surface area contributed by atoms with Gasteiger partial charge in [-0.3, -0.25) is 9.69 Å². The lowest BCUT2D eigenvalue weighted by Gasteiger charge is -2.33. The molecule has 2 unspecified atom stereocenters. The Balaban J connectivity index is 1.96. The van der Waals surface area contributed by atoms with Crippen LogP contribution < -0.4 is 5.32 Å². The molecule has 1 saturated heterocycles. The maximum atomic E-state index is 12.2. The van der Waals surface area contributed by atoms with E-state index in [1.54, 1.807) is 0 Å². The van der Waals surface area contributed by atoms with Crippen molar-refractivity contribution in [3.05, 3.63) is 26.6 Å². The van der Waals surface area contributed by atoms with E-state index >= 15 is 0 Å². The van der Waals surface area contributed by atoms with Gasteiger partial charge < -0.3 is 10.4 Å². The fourth-order valence-corrected chi connectivity index (χ4v) is 4.07. The largest absolute Gasteiger partial charge is 0.392 e. The van der Waals surface area contributed by atoms with E-state index in [1.807, 2.05) is 30.9 Å². The van der Waals surface area contributed by atoms with Crippen LogP contribution in [0.2, 0.25) is 0 Å². The molecule has 116 valence electrons. The number of benzene rings is 1. The van der Waals surface area contributed by atoms with E-state index in [9.17, 15) is 9.90 Å². The zero-order valence-electron chi connectivity index (χ0n) is 12.2. The highest BCUT2D eigenvalue weighted by molar-refractivity contribution is 9.11. The summed E-state index contributed by atoms with van der Waals surface area (Å²) in [6, 6.07) is 3.93. The van der Waals surface area contributed by atoms with E-state index in [1.165, 1.54) is 0 Å². The Bertz CT molecular complexity index is 513. The van der Waals surface area contributed by atoms with Crippen LogP contribution in [-0.4, -0.2) is 41.7 Å². The first-order valence-electron chi connectivity index (χ1n) is 7.02. The van der Waals surface area contributed by atoms with Gasteiger partial charge in [0, 0.05) is 15.5 Å². The molecule has 21 heavy (non-hydrogen) atoms. The zero-order chi connectivity index (χ0) is 15.6. The number of hydrogen-bond acceptors (Lipinski definition) is 3. The highest BCUT2D eigenvalue weighted by Gasteiger charge is 2.25. The number of piperidine rings is 1. The molecule has 1 aromatic carbocycles. The van der Waals surface area contributed by atoms with Crippen LogP contribution in [0.3, 0.4) is 0 Å². The molecule has 6 heteroatoms. The summed E-state index contributed by atoms with van der Waals surface area (Å²) >= 11 is 6.94. The number of nitrogens with one attached hydrogen (secondary N) is 1. The predicted molar refractivity (Wildman–Crippen MR) is 91.4 cm³/mol. The second kappa shape index (κ2) is 7.22. The van der Waals surface area contributed by atoms with Crippen LogP contribution >= 0.6 is 31.9 Å². The minimum atomic E-state index is -0.343. The van der Waals surface area contributed by atoms with Crippen molar-refractivity contribution in [2.75, 3.05) is 25.0 Å². The number of β-amino-alcohol motifs (C(OH)–C–C–N with tert-alkyl or cyclic N) is 1. The molecule has 0 aromatic heterocycles. The average molecular weight is 420 g/mol. The standard InChI is InChI=1S/C15H20Br2N2O2/c1-9-5-11(16)15(12(17)6-9)18-14(21)8-19-4-3-10(2)13(20)7-19/h5-6,10,13,20H,3-4,7-8H2,1-2H3,(H,18,21). The van der Waals surface area contributed by atoms with Crippen molar-refractivity contribution >= 4 is 43.5 Å². The molecular formula is C15H20Br2N2O2. The van der Waals surface area contributed by atoms with E-state index < -0.39 is 0 Å². The molecular weight excluding hydrogens is 400 g/mol. The van der Waals surface area contributed by atoms with E-state index in [4.69, 9.17) is 0 Å². The van der Waals surface area contributed by atoms with Crippen molar-refractivity contribution < 1.29 is 9.90 Å². The van der Waals surface area contributed by atoms with Gasteiger partial charge in [-0.1, -0.05) is 6.92 Å². The summed E-state index contributed by atoms with van der Waals surface area (Å²) in [5.74, 6) is 0.242. The first-order chi connectivity index (χ1) is 9.86. The van der Waals surface area contributed by atoms with Crippen LogP contribution in [0.1, 0.15) is 18.9 Å². The van der Waals surface area contributed by atoms with Gasteiger partial charge in [0.05, 0.1) is 18.3 Å². The lowest BCUT2D eigenvalue weighted by atomic mass is 9.96. The lowest BCUT2D eigenvalue weighted by molar-refractivity contribution is -0.118. The fourth-order valence-electron chi connectivity index (χ4n) is 2.46. The molecule has 0 aliphatic carbocycles. The summed E-state index contributed by atoms with van der Waals surface area (Å²) in [6.07, 6.45) is 0.580. The van der Waals surface area contributed by atoms with Crippen LogP contribution in [0.25, 0.3) is 0 Å². The minimum Gasteiger partial charge on any atom is -0.392 e. The summed E-state index contributed by atoms with van der Waals surface area (Å²) in [5, 5.41) is 12.8. The van der Waals surface area contributed by atoms with Gasteiger partial charge in [-0.05, 0) is 75.4 Å². The maximum absolute atomic E-state index is 12.2. The van der Waals surface area contributed by atoms with Gasteiger partial charge in [-0.2, -0.15) is 0 Å². The topological polar surface area (TPSA) is 52.6 Å².